The van der Waals surface area contributed by atoms with Crippen LogP contribution < -0.4 is 4.74 Å². The predicted octanol–water partition coefficient (Wildman–Crippen LogP) is 2.41. The van der Waals surface area contributed by atoms with Gasteiger partial charge in [-0.3, -0.25) is 0 Å². The van der Waals surface area contributed by atoms with Gasteiger partial charge in [-0.25, -0.2) is 9.59 Å². The molecule has 96 valence electrons. The van der Waals surface area contributed by atoms with Crippen molar-refractivity contribution in [1.29, 1.82) is 0 Å². The van der Waals surface area contributed by atoms with Crippen molar-refractivity contribution in [2.24, 2.45) is 0 Å². The number of hydrogen-bond acceptors (Lipinski definition) is 4. The molecule has 0 bridgehead atoms. The average molecular weight is 248 g/mol. The summed E-state index contributed by atoms with van der Waals surface area (Å²) in [5.74, 6) is -0.617. The van der Waals surface area contributed by atoms with Gasteiger partial charge in [-0.05, 0) is 32.4 Å². The zero-order valence-corrected chi connectivity index (χ0v) is 10.7. The maximum Gasteiger partial charge on any atom is 0.339 e. The molecule has 0 saturated carbocycles. The van der Waals surface area contributed by atoms with Crippen LogP contribution in [-0.2, 0) is 14.3 Å². The third-order valence-electron chi connectivity index (χ3n) is 2.24. The number of para-hydroxylation sites is 1. The SMILES string of the molecule is CCOC(=O)C=C(C)C(=O)Oc1ccccc1C. The Labute approximate surface area is 106 Å². The first kappa shape index (κ1) is 14.0. The second-order valence-corrected chi connectivity index (χ2v) is 3.73. The minimum absolute atomic E-state index is 0.205. The minimum Gasteiger partial charge on any atom is -0.463 e. The molecule has 0 N–H and O–H groups in total. The monoisotopic (exact) mass is 248 g/mol. The smallest absolute Gasteiger partial charge is 0.339 e. The van der Waals surface area contributed by atoms with Gasteiger partial charge < -0.3 is 9.47 Å². The molecule has 0 heterocycles. The molecule has 1 aromatic rings. The van der Waals surface area contributed by atoms with Crippen molar-refractivity contribution in [1.82, 2.24) is 0 Å². The van der Waals surface area contributed by atoms with E-state index in [0.29, 0.717) is 5.75 Å². The second kappa shape index (κ2) is 6.59. The molecule has 0 fully saturated rings. The van der Waals surface area contributed by atoms with E-state index >= 15 is 0 Å². The third-order valence-corrected chi connectivity index (χ3v) is 2.24. The molecule has 1 aromatic carbocycles. The van der Waals surface area contributed by atoms with Crippen LogP contribution in [0.1, 0.15) is 19.4 Å². The van der Waals surface area contributed by atoms with E-state index in [2.05, 4.69) is 0 Å². The highest BCUT2D eigenvalue weighted by atomic mass is 16.5. The van der Waals surface area contributed by atoms with Gasteiger partial charge in [-0.2, -0.15) is 0 Å². The lowest BCUT2D eigenvalue weighted by molar-refractivity contribution is -0.138. The maximum absolute atomic E-state index is 11.7. The summed E-state index contributed by atoms with van der Waals surface area (Å²) in [6.07, 6.45) is 1.13. The first-order valence-corrected chi connectivity index (χ1v) is 5.67. The van der Waals surface area contributed by atoms with E-state index in [9.17, 15) is 9.59 Å². The first-order chi connectivity index (χ1) is 8.54. The number of rotatable bonds is 4. The highest BCUT2D eigenvalue weighted by Crippen LogP contribution is 2.17. The highest BCUT2D eigenvalue weighted by Gasteiger charge is 2.11. The number of esters is 2. The number of ether oxygens (including phenoxy) is 2. The van der Waals surface area contributed by atoms with Gasteiger partial charge in [0.05, 0.1) is 6.61 Å². The molecule has 0 radical (unpaired) electrons. The lowest BCUT2D eigenvalue weighted by Gasteiger charge is -2.06. The molecule has 0 aliphatic carbocycles. The molecule has 0 atom stereocenters. The Morgan fingerprint density at radius 3 is 2.56 bits per heavy atom. The van der Waals surface area contributed by atoms with Crippen LogP contribution in [0, 0.1) is 6.92 Å². The zero-order valence-electron chi connectivity index (χ0n) is 10.7. The van der Waals surface area contributed by atoms with Gasteiger partial charge >= 0.3 is 11.9 Å². The molecule has 0 amide bonds. The summed E-state index contributed by atoms with van der Waals surface area (Å²) >= 11 is 0. The van der Waals surface area contributed by atoms with Crippen LogP contribution in [0.2, 0.25) is 0 Å². The van der Waals surface area contributed by atoms with E-state index in [-0.39, 0.29) is 12.2 Å². The Bertz CT molecular complexity index is 474. The number of benzene rings is 1. The van der Waals surface area contributed by atoms with Crippen molar-refractivity contribution < 1.29 is 19.1 Å². The number of hydrogen-bond donors (Lipinski definition) is 0. The van der Waals surface area contributed by atoms with Crippen LogP contribution in [0.3, 0.4) is 0 Å². The van der Waals surface area contributed by atoms with E-state index in [1.807, 2.05) is 19.1 Å². The molecule has 0 unspecified atom stereocenters. The van der Waals surface area contributed by atoms with Gasteiger partial charge in [0.15, 0.2) is 0 Å². The van der Waals surface area contributed by atoms with E-state index in [1.165, 1.54) is 6.92 Å². The van der Waals surface area contributed by atoms with Gasteiger partial charge in [0.2, 0.25) is 0 Å². The van der Waals surface area contributed by atoms with Gasteiger partial charge in [-0.1, -0.05) is 18.2 Å². The summed E-state index contributed by atoms with van der Waals surface area (Å²) in [4.78, 5) is 22.9. The van der Waals surface area contributed by atoms with Gasteiger partial charge in [0.1, 0.15) is 5.75 Å². The number of carbonyl (C=O) groups excluding carboxylic acids is 2. The molecule has 4 heteroatoms. The Morgan fingerprint density at radius 1 is 1.28 bits per heavy atom. The predicted molar refractivity (Wildman–Crippen MR) is 67.2 cm³/mol. The fourth-order valence-electron chi connectivity index (χ4n) is 1.27. The third kappa shape index (κ3) is 4.05. The molecular weight excluding hydrogens is 232 g/mol. The zero-order chi connectivity index (χ0) is 13.5. The lowest BCUT2D eigenvalue weighted by Crippen LogP contribution is -2.12. The molecule has 0 aromatic heterocycles. The van der Waals surface area contributed by atoms with Crippen molar-refractivity contribution in [3.8, 4) is 5.75 Å². The molecule has 1 rings (SSSR count). The lowest BCUT2D eigenvalue weighted by atomic mass is 10.2. The fraction of sp³-hybridized carbons (Fsp3) is 0.286. The number of aryl methyl sites for hydroxylation is 1. The molecule has 0 saturated heterocycles. The van der Waals surface area contributed by atoms with Crippen molar-refractivity contribution >= 4 is 11.9 Å². The van der Waals surface area contributed by atoms with E-state index in [4.69, 9.17) is 9.47 Å². The first-order valence-electron chi connectivity index (χ1n) is 5.67. The van der Waals surface area contributed by atoms with Crippen LogP contribution in [0.25, 0.3) is 0 Å². The standard InChI is InChI=1S/C14H16O4/c1-4-17-13(15)9-11(3)14(16)18-12-8-6-5-7-10(12)2/h5-9H,4H2,1-3H3. The number of carbonyl (C=O) groups is 2. The van der Waals surface area contributed by atoms with Gasteiger partial charge in [-0.15, -0.1) is 0 Å². The van der Waals surface area contributed by atoms with Crippen LogP contribution in [-0.4, -0.2) is 18.5 Å². The summed E-state index contributed by atoms with van der Waals surface area (Å²) in [6.45, 7) is 5.33. The van der Waals surface area contributed by atoms with Crippen LogP contribution >= 0.6 is 0 Å². The van der Waals surface area contributed by atoms with E-state index < -0.39 is 11.9 Å². The molecular formula is C14H16O4. The molecule has 4 nitrogen and oxygen atoms in total. The summed E-state index contributed by atoms with van der Waals surface area (Å²) in [5, 5.41) is 0. The highest BCUT2D eigenvalue weighted by molar-refractivity contribution is 5.96. The summed E-state index contributed by atoms with van der Waals surface area (Å²) in [7, 11) is 0. The average Bonchev–Trinajstić information content (AvgIpc) is 2.32. The summed E-state index contributed by atoms with van der Waals surface area (Å²) in [6, 6.07) is 7.17. The van der Waals surface area contributed by atoms with Gasteiger partial charge in [0, 0.05) is 11.6 Å². The Balaban J connectivity index is 2.71. The second-order valence-electron chi connectivity index (χ2n) is 3.73. The summed E-state index contributed by atoms with van der Waals surface area (Å²) in [5.41, 5.74) is 1.06. The summed E-state index contributed by atoms with van der Waals surface area (Å²) < 4.78 is 9.88. The van der Waals surface area contributed by atoms with Crippen LogP contribution in [0.15, 0.2) is 35.9 Å². The van der Waals surface area contributed by atoms with Crippen molar-refractivity contribution in [3.05, 3.63) is 41.5 Å². The van der Waals surface area contributed by atoms with Crippen molar-refractivity contribution in [3.63, 3.8) is 0 Å². The Kier molecular flexibility index (Phi) is 5.11. The van der Waals surface area contributed by atoms with E-state index in [1.54, 1.807) is 19.1 Å². The van der Waals surface area contributed by atoms with Crippen LogP contribution in [0.4, 0.5) is 0 Å². The topological polar surface area (TPSA) is 52.6 Å². The largest absolute Gasteiger partial charge is 0.463 e. The molecule has 0 aliphatic heterocycles. The maximum atomic E-state index is 11.7. The Hall–Kier alpha value is -2.10. The molecule has 18 heavy (non-hydrogen) atoms. The molecule has 0 spiro atoms. The van der Waals surface area contributed by atoms with Crippen molar-refractivity contribution in [2.45, 2.75) is 20.8 Å². The van der Waals surface area contributed by atoms with E-state index in [0.717, 1.165) is 11.6 Å². The fourth-order valence-corrected chi connectivity index (χ4v) is 1.27. The quantitative estimate of drug-likeness (QED) is 0.466. The molecule has 0 aliphatic rings. The Morgan fingerprint density at radius 2 is 1.94 bits per heavy atom. The van der Waals surface area contributed by atoms with Gasteiger partial charge in [0.25, 0.3) is 0 Å². The van der Waals surface area contributed by atoms with Crippen LogP contribution in [0.5, 0.6) is 5.75 Å². The minimum atomic E-state index is -0.558. The normalized spacial score (nSPS) is 10.9. The van der Waals surface area contributed by atoms with Crippen molar-refractivity contribution in [2.75, 3.05) is 6.61 Å².